The van der Waals surface area contributed by atoms with Crippen LogP contribution < -0.4 is 57.3 Å². The number of carboxylic acids is 13. The van der Waals surface area contributed by atoms with E-state index < -0.39 is 151 Å². The van der Waals surface area contributed by atoms with Gasteiger partial charge in [0, 0.05) is 12.8 Å². The van der Waals surface area contributed by atoms with Gasteiger partial charge in [-0.3, -0.25) is 62.3 Å². The van der Waals surface area contributed by atoms with Crippen molar-refractivity contribution in [3.05, 3.63) is 29.8 Å². The van der Waals surface area contributed by atoms with Gasteiger partial charge in [0.1, 0.15) is 60.1 Å². The van der Waals surface area contributed by atoms with Gasteiger partial charge in [-0.05, 0) is 70.1 Å². The van der Waals surface area contributed by atoms with E-state index in [1.54, 1.807) is 12.1 Å². The zero-order valence-corrected chi connectivity index (χ0v) is 45.8. The van der Waals surface area contributed by atoms with E-state index >= 15 is 0 Å². The average molecular weight is 1220 g/mol. The van der Waals surface area contributed by atoms with Crippen molar-refractivity contribution in [3.8, 4) is 5.75 Å². The summed E-state index contributed by atoms with van der Waals surface area (Å²) in [6.45, 7) is 7.28. The first-order valence-electron chi connectivity index (χ1n) is 23.0. The first-order valence-corrected chi connectivity index (χ1v) is 23.0. The third-order valence-corrected chi connectivity index (χ3v) is 7.71. The summed E-state index contributed by atoms with van der Waals surface area (Å²) in [4.78, 5) is 128. The second kappa shape index (κ2) is 56.9. The minimum atomic E-state index is -1.29. The predicted molar refractivity (Wildman–Crippen MR) is 285 cm³/mol. The summed E-state index contributed by atoms with van der Waals surface area (Å²) in [6, 6.07) is -2.42. The Bertz CT molecular complexity index is 2000. The molecule has 0 spiro atoms. The lowest BCUT2D eigenvalue weighted by atomic mass is 10.1. The molecule has 0 fully saturated rings. The third kappa shape index (κ3) is 82.6. The Labute approximate surface area is 473 Å². The maximum absolute atomic E-state index is 10.4. The number of hydrogen-bond donors (Lipinski definition) is 26. The fourth-order valence-corrected chi connectivity index (χ4v) is 2.95. The number of aromatic hydroxyl groups is 1. The molecule has 39 heteroatoms. The van der Waals surface area contributed by atoms with Gasteiger partial charge in [-0.1, -0.05) is 26.0 Å². The van der Waals surface area contributed by atoms with Gasteiger partial charge in [0.15, 0.2) is 0 Å². The number of carbonyl (C=O) groups is 13. The highest BCUT2D eigenvalue weighted by Crippen LogP contribution is 2.10. The Kier molecular flexibility index (Phi) is 64.4. The number of aliphatic hydroxyl groups excluding tert-OH is 2. The quantitative estimate of drug-likeness (QED) is 0.0457. The van der Waals surface area contributed by atoms with Crippen molar-refractivity contribution < 1.29 is 144 Å². The second-order valence-electron chi connectivity index (χ2n) is 16.3. The van der Waals surface area contributed by atoms with Gasteiger partial charge in [0.25, 0.3) is 0 Å². The van der Waals surface area contributed by atoms with Crippen LogP contribution in [0.5, 0.6) is 5.75 Å². The van der Waals surface area contributed by atoms with Gasteiger partial charge >= 0.3 is 77.6 Å². The third-order valence-electron chi connectivity index (χ3n) is 7.71. The van der Waals surface area contributed by atoms with Crippen LogP contribution in [-0.4, -0.2) is 233 Å². The van der Waals surface area contributed by atoms with Crippen molar-refractivity contribution in [1.29, 1.82) is 0 Å². The van der Waals surface area contributed by atoms with Crippen LogP contribution in [0, 0.1) is 5.92 Å². The van der Waals surface area contributed by atoms with Gasteiger partial charge in [-0.25, -0.2) is 0 Å². The highest BCUT2D eigenvalue weighted by Gasteiger charge is 2.17. The summed E-state index contributed by atoms with van der Waals surface area (Å²) < 4.78 is 0. The first kappa shape index (κ1) is 94.0. The van der Waals surface area contributed by atoms with Gasteiger partial charge in [-0.2, -0.15) is 0 Å². The molecule has 484 valence electrons. The molecule has 0 aliphatic rings. The lowest BCUT2D eigenvalue weighted by Crippen LogP contribution is -2.39. The molecule has 0 aliphatic heterocycles. The molecule has 83 heavy (non-hydrogen) atoms. The van der Waals surface area contributed by atoms with E-state index in [-0.39, 0.29) is 44.4 Å². The summed E-state index contributed by atoms with van der Waals surface area (Å²) in [6.07, 6.45) is -1.14. The molecule has 39 nitrogen and oxygen atoms in total. The molecule has 1 aromatic rings. The van der Waals surface area contributed by atoms with E-state index in [1.165, 1.54) is 32.9 Å². The molecule has 10 atom stereocenters. The Balaban J connectivity index is -0.000000106. The van der Waals surface area contributed by atoms with Crippen LogP contribution >= 0.6 is 0 Å². The molecule has 36 N–H and O–H groups in total. The molecular formula is C44H84N10O29. The fraction of sp³-hybridized carbons (Fsp3) is 0.568. The largest absolute Gasteiger partial charge is 0.508 e. The van der Waals surface area contributed by atoms with Crippen molar-refractivity contribution >= 4 is 77.6 Å². The second-order valence-corrected chi connectivity index (χ2v) is 16.3. The van der Waals surface area contributed by atoms with Crippen LogP contribution in [0.15, 0.2) is 24.3 Å². The number of hydrogen-bond acceptors (Lipinski definition) is 26. The number of phenols is 1. The standard InChI is InChI=1S/C9H11NO3.C6H13NO2.2C5H9NO4.C4H7NO4.C4H9NO3.C3H7NO3.2C3H7NO2.C2H5NO2/c10-8(9(12)13)5-6-1-3-7(11)4-2-6;1-4(2)3-5(7)6(8)9;2*6-3(5(9)10)1-2-4(7)8;5-2(4(8)9)1-3(6)7;1-2(6)3(5)4(7)8;4-2(1-5)3(6)7;2*1-2(4)3(5)6;3-1-2(4)5/h1-4,8,11H,5,10H2,(H,12,13);4-5H,3,7H2,1-2H3,(H,8,9);2*3H,1-2,6H2,(H,7,8)(H,9,10);2H,1,5H2,(H,6,7)(H,8,9);2-3,6H,5H2,1H3,(H,7,8);2,5H,1,4H2,(H,6,7);2*2H,4H2,1H3,(H,5,6);1,3H2,(H,4,5)/t8-;5-;2*3-;2-;2-,3+;3*2-;/m000001000./s1. The monoisotopic (exact) mass is 1220 g/mol. The number of phenolic OH excluding ortho intramolecular Hbond substituents is 1. The van der Waals surface area contributed by atoms with Gasteiger partial charge < -0.3 is 139 Å². The minimum absolute atomic E-state index is 0.0231. The Hall–Kier alpha value is -8.35. The highest BCUT2D eigenvalue weighted by atomic mass is 16.4. The maximum atomic E-state index is 10.4. The van der Waals surface area contributed by atoms with E-state index in [0.717, 1.165) is 5.56 Å². The minimum Gasteiger partial charge on any atom is -0.508 e. The number of aliphatic hydroxyl groups is 2. The smallest absolute Gasteiger partial charge is 0.323 e. The van der Waals surface area contributed by atoms with Crippen molar-refractivity contribution in [2.45, 2.75) is 140 Å². The topological polar surface area (TPSA) is 806 Å². The van der Waals surface area contributed by atoms with Crippen LogP contribution in [0.25, 0.3) is 0 Å². The summed E-state index contributed by atoms with van der Waals surface area (Å²) >= 11 is 0. The van der Waals surface area contributed by atoms with Crippen molar-refractivity contribution in [2.24, 2.45) is 63.3 Å². The predicted octanol–water partition coefficient (Wildman–Crippen LogP) is -6.77. The maximum Gasteiger partial charge on any atom is 0.323 e. The van der Waals surface area contributed by atoms with Crippen LogP contribution in [0.1, 0.15) is 78.7 Å². The number of nitrogens with two attached hydrogens (primary N) is 10. The lowest BCUT2D eigenvalue weighted by molar-refractivity contribution is -0.144. The van der Waals surface area contributed by atoms with Crippen LogP contribution in [-0.2, 0) is 68.7 Å². The highest BCUT2D eigenvalue weighted by molar-refractivity contribution is 5.80. The zero-order chi connectivity index (χ0) is 68.2. The van der Waals surface area contributed by atoms with Gasteiger partial charge in [-0.15, -0.1) is 0 Å². The molecule has 0 aromatic heterocycles. The number of carboxylic acid groups (broad SMARTS) is 13. The van der Waals surface area contributed by atoms with Crippen molar-refractivity contribution in [1.82, 2.24) is 0 Å². The molecule has 0 saturated heterocycles. The Morgan fingerprint density at radius 1 is 0.410 bits per heavy atom. The van der Waals surface area contributed by atoms with E-state index in [1.807, 2.05) is 13.8 Å². The van der Waals surface area contributed by atoms with Crippen molar-refractivity contribution in [2.75, 3.05) is 13.2 Å². The van der Waals surface area contributed by atoms with E-state index in [2.05, 4.69) is 5.73 Å². The van der Waals surface area contributed by atoms with E-state index in [4.69, 9.17) is 133 Å². The Morgan fingerprint density at radius 3 is 0.831 bits per heavy atom. The molecule has 1 aromatic carbocycles. The summed E-state index contributed by atoms with van der Waals surface area (Å²) in [7, 11) is 0. The molecule has 0 bridgehead atoms. The number of aliphatic carboxylic acids is 13. The van der Waals surface area contributed by atoms with Gasteiger partial charge in [0.05, 0.1) is 25.7 Å². The fourth-order valence-electron chi connectivity index (χ4n) is 2.95. The SMILES string of the molecule is CC(C)C[C@H](N)C(=O)O.C[C@@H](O)[C@H](N)C(=O)O.C[C@H](N)C(=O)O.C[C@H](N)C(=O)O.NCC(=O)O.N[C@@H](CC(=O)O)C(=O)O.N[C@@H](CCC(=O)O)C(=O)O.N[C@@H](CCC(=O)O)C(=O)O.N[C@@H](CO)C(=O)O.N[C@@H](Cc1ccc(O)cc1)C(=O)O. The Morgan fingerprint density at radius 2 is 0.699 bits per heavy atom. The number of rotatable bonds is 24. The molecule has 0 aliphatic carbocycles. The molecule has 0 radical (unpaired) electrons. The number of benzene rings is 1. The zero-order valence-electron chi connectivity index (χ0n) is 45.8. The average Bonchev–Trinajstić information content (AvgIpc) is 3.35. The summed E-state index contributed by atoms with van der Waals surface area (Å²) in [5.41, 5.74) is 50.1. The lowest BCUT2D eigenvalue weighted by Gasteiger charge is -2.07. The molecule has 0 amide bonds. The van der Waals surface area contributed by atoms with Gasteiger partial charge in [0.2, 0.25) is 0 Å². The first-order chi connectivity index (χ1) is 37.5. The molecule has 0 unspecified atom stereocenters. The van der Waals surface area contributed by atoms with Crippen LogP contribution in [0.2, 0.25) is 0 Å². The van der Waals surface area contributed by atoms with Crippen molar-refractivity contribution in [3.63, 3.8) is 0 Å². The summed E-state index contributed by atoms with van der Waals surface area (Å²) in [5, 5.41) is 130. The van der Waals surface area contributed by atoms with E-state index in [0.29, 0.717) is 12.3 Å². The molecule has 1 rings (SSSR count). The molecule has 0 heterocycles. The van der Waals surface area contributed by atoms with E-state index in [9.17, 15) is 62.3 Å². The molecular weight excluding hydrogens is 1130 g/mol. The van der Waals surface area contributed by atoms with Crippen LogP contribution in [0.3, 0.4) is 0 Å². The molecule has 0 saturated carbocycles. The normalized spacial score (nSPS) is 13.0. The van der Waals surface area contributed by atoms with Crippen LogP contribution in [0.4, 0.5) is 0 Å². The summed E-state index contributed by atoms with van der Waals surface area (Å²) in [5.74, 6) is -13.6.